The van der Waals surface area contributed by atoms with E-state index in [0.717, 1.165) is 47.7 Å². The maximum Gasteiger partial charge on any atom is 0.191 e. The van der Waals surface area contributed by atoms with E-state index >= 15 is 0 Å². The number of aromatic nitrogens is 1. The maximum absolute atomic E-state index is 5.88. The molecule has 1 aliphatic rings. The van der Waals surface area contributed by atoms with E-state index in [0.29, 0.717) is 26.3 Å². The molecule has 1 aromatic heterocycles. The van der Waals surface area contributed by atoms with Gasteiger partial charge in [0.1, 0.15) is 18.2 Å². The Labute approximate surface area is 215 Å². The standard InChI is InChI=1S/C25H37N5O2.HI/c1-19-9-11-30(12-10-19)24-8-6-21(16-27-24)17-28-25(26-3)29-18-22-7-5-20(2)15-23(22)32-14-13-31-4;/h5-8,15-16,19H,9-14,17-18H2,1-4H3,(H2,26,28,29);1H. The van der Waals surface area contributed by atoms with Crippen LogP contribution >= 0.6 is 24.0 Å². The van der Waals surface area contributed by atoms with Crippen LogP contribution in [0.5, 0.6) is 5.75 Å². The molecule has 0 saturated carbocycles. The summed E-state index contributed by atoms with van der Waals surface area (Å²) in [5.41, 5.74) is 3.37. The molecule has 33 heavy (non-hydrogen) atoms. The number of aliphatic imine (C=N–C) groups is 1. The predicted molar refractivity (Wildman–Crippen MR) is 146 cm³/mol. The van der Waals surface area contributed by atoms with E-state index in [2.05, 4.69) is 69.7 Å². The van der Waals surface area contributed by atoms with Crippen molar-refractivity contribution >= 4 is 35.8 Å². The number of methoxy groups -OCH3 is 1. The summed E-state index contributed by atoms with van der Waals surface area (Å²) in [7, 11) is 3.45. The van der Waals surface area contributed by atoms with Gasteiger partial charge < -0.3 is 25.0 Å². The third-order valence-corrected chi connectivity index (χ3v) is 5.81. The normalized spacial score (nSPS) is 14.5. The topological polar surface area (TPSA) is 71.0 Å². The molecule has 0 aliphatic carbocycles. The first-order chi connectivity index (χ1) is 15.6. The van der Waals surface area contributed by atoms with Gasteiger partial charge in [-0.1, -0.05) is 25.1 Å². The van der Waals surface area contributed by atoms with Gasteiger partial charge in [-0.2, -0.15) is 0 Å². The quantitative estimate of drug-likeness (QED) is 0.206. The highest BCUT2D eigenvalue weighted by Crippen LogP contribution is 2.22. The summed E-state index contributed by atoms with van der Waals surface area (Å²) in [5, 5.41) is 6.74. The SMILES string of the molecule is CN=C(NCc1ccc(N2CCC(C)CC2)nc1)NCc1ccc(C)cc1OCCOC.I. The number of rotatable bonds is 9. The molecule has 0 amide bonds. The van der Waals surface area contributed by atoms with Gasteiger partial charge in [0.15, 0.2) is 5.96 Å². The average molecular weight is 568 g/mol. The van der Waals surface area contributed by atoms with E-state index in [1.807, 2.05) is 6.20 Å². The lowest BCUT2D eigenvalue weighted by molar-refractivity contribution is 0.145. The van der Waals surface area contributed by atoms with Crippen LogP contribution < -0.4 is 20.3 Å². The van der Waals surface area contributed by atoms with Crippen molar-refractivity contribution in [1.82, 2.24) is 15.6 Å². The van der Waals surface area contributed by atoms with Crippen LogP contribution in [-0.4, -0.2) is 51.4 Å². The molecule has 0 atom stereocenters. The molecule has 182 valence electrons. The number of benzene rings is 1. The van der Waals surface area contributed by atoms with Crippen molar-refractivity contribution in [1.29, 1.82) is 0 Å². The van der Waals surface area contributed by atoms with E-state index in [-0.39, 0.29) is 24.0 Å². The number of guanidine groups is 1. The van der Waals surface area contributed by atoms with Gasteiger partial charge >= 0.3 is 0 Å². The molecule has 0 unspecified atom stereocenters. The van der Waals surface area contributed by atoms with Crippen molar-refractivity contribution in [2.75, 3.05) is 45.4 Å². The molecule has 0 bridgehead atoms. The van der Waals surface area contributed by atoms with Crippen LogP contribution in [0.3, 0.4) is 0 Å². The van der Waals surface area contributed by atoms with Crippen LogP contribution in [0.25, 0.3) is 0 Å². The first-order valence-corrected chi connectivity index (χ1v) is 11.4. The summed E-state index contributed by atoms with van der Waals surface area (Å²) >= 11 is 0. The number of pyridine rings is 1. The highest BCUT2D eigenvalue weighted by atomic mass is 127. The van der Waals surface area contributed by atoms with E-state index < -0.39 is 0 Å². The van der Waals surface area contributed by atoms with E-state index in [4.69, 9.17) is 9.47 Å². The Bertz CT molecular complexity index is 868. The maximum atomic E-state index is 5.88. The van der Waals surface area contributed by atoms with Gasteiger partial charge in [-0.15, -0.1) is 24.0 Å². The van der Waals surface area contributed by atoms with Crippen molar-refractivity contribution in [2.24, 2.45) is 10.9 Å². The second-order valence-electron chi connectivity index (χ2n) is 8.43. The highest BCUT2D eigenvalue weighted by molar-refractivity contribution is 14.0. The smallest absolute Gasteiger partial charge is 0.191 e. The van der Waals surface area contributed by atoms with Gasteiger partial charge in [0.05, 0.1) is 6.61 Å². The third-order valence-electron chi connectivity index (χ3n) is 5.81. The fourth-order valence-electron chi connectivity index (χ4n) is 3.71. The molecule has 2 aromatic rings. The fourth-order valence-corrected chi connectivity index (χ4v) is 3.71. The summed E-state index contributed by atoms with van der Waals surface area (Å²) in [6.07, 6.45) is 4.44. The fraction of sp³-hybridized carbons (Fsp3) is 0.520. The number of aryl methyl sites for hydroxylation is 1. The average Bonchev–Trinajstić information content (AvgIpc) is 2.81. The minimum atomic E-state index is 0. The first-order valence-electron chi connectivity index (χ1n) is 11.4. The second-order valence-corrected chi connectivity index (χ2v) is 8.43. The Kier molecular flexibility index (Phi) is 11.7. The Morgan fingerprint density at radius 3 is 2.55 bits per heavy atom. The number of piperidine rings is 1. The molecular weight excluding hydrogens is 529 g/mol. The Balaban J connectivity index is 0.00000385. The summed E-state index contributed by atoms with van der Waals surface area (Å²) in [6.45, 7) is 8.95. The molecule has 1 aromatic carbocycles. The van der Waals surface area contributed by atoms with Gasteiger partial charge in [-0.25, -0.2) is 4.98 Å². The highest BCUT2D eigenvalue weighted by Gasteiger charge is 2.16. The molecular formula is C25H38IN5O2. The molecule has 2 heterocycles. The van der Waals surface area contributed by atoms with Crippen LogP contribution in [0.2, 0.25) is 0 Å². The van der Waals surface area contributed by atoms with Crippen molar-refractivity contribution in [3.05, 3.63) is 53.2 Å². The number of hydrogen-bond donors (Lipinski definition) is 2. The largest absolute Gasteiger partial charge is 0.491 e. The van der Waals surface area contributed by atoms with Crippen LogP contribution in [0.4, 0.5) is 5.82 Å². The molecule has 1 fully saturated rings. The molecule has 7 nitrogen and oxygen atoms in total. The molecule has 8 heteroatoms. The molecule has 1 aliphatic heterocycles. The van der Waals surface area contributed by atoms with Crippen LogP contribution in [0, 0.1) is 12.8 Å². The third kappa shape index (κ3) is 8.66. The Morgan fingerprint density at radius 1 is 1.12 bits per heavy atom. The number of ether oxygens (including phenoxy) is 2. The second kappa shape index (κ2) is 14.2. The van der Waals surface area contributed by atoms with E-state index in [1.165, 1.54) is 18.4 Å². The summed E-state index contributed by atoms with van der Waals surface area (Å²) in [6, 6.07) is 10.5. The van der Waals surface area contributed by atoms with Crippen molar-refractivity contribution in [2.45, 2.75) is 39.8 Å². The minimum Gasteiger partial charge on any atom is -0.491 e. The zero-order valence-electron chi connectivity index (χ0n) is 20.3. The van der Waals surface area contributed by atoms with Crippen LogP contribution in [0.15, 0.2) is 41.5 Å². The molecule has 1 saturated heterocycles. The molecule has 0 spiro atoms. The zero-order valence-corrected chi connectivity index (χ0v) is 22.6. The van der Waals surface area contributed by atoms with Crippen molar-refractivity contribution in [3.63, 3.8) is 0 Å². The summed E-state index contributed by atoms with van der Waals surface area (Å²) < 4.78 is 11.0. The van der Waals surface area contributed by atoms with E-state index in [1.54, 1.807) is 14.2 Å². The summed E-state index contributed by atoms with van der Waals surface area (Å²) in [5.74, 6) is 3.50. The Morgan fingerprint density at radius 2 is 1.88 bits per heavy atom. The number of nitrogens with one attached hydrogen (secondary N) is 2. The Hall–Kier alpha value is -2.07. The number of nitrogens with zero attached hydrogens (tertiary/aromatic N) is 3. The van der Waals surface area contributed by atoms with Gasteiger partial charge in [0, 0.05) is 52.1 Å². The van der Waals surface area contributed by atoms with Gasteiger partial charge in [0.25, 0.3) is 0 Å². The van der Waals surface area contributed by atoms with Gasteiger partial charge in [0.2, 0.25) is 0 Å². The first kappa shape index (κ1) is 27.2. The van der Waals surface area contributed by atoms with Crippen molar-refractivity contribution in [3.8, 4) is 5.75 Å². The van der Waals surface area contributed by atoms with Gasteiger partial charge in [-0.3, -0.25) is 4.99 Å². The number of anilines is 1. The lowest BCUT2D eigenvalue weighted by Gasteiger charge is -2.31. The predicted octanol–water partition coefficient (Wildman–Crippen LogP) is 4.13. The lowest BCUT2D eigenvalue weighted by atomic mass is 9.99. The van der Waals surface area contributed by atoms with Crippen LogP contribution in [0.1, 0.15) is 36.5 Å². The van der Waals surface area contributed by atoms with Crippen molar-refractivity contribution < 1.29 is 9.47 Å². The van der Waals surface area contributed by atoms with E-state index in [9.17, 15) is 0 Å². The summed E-state index contributed by atoms with van der Waals surface area (Å²) in [4.78, 5) is 11.4. The van der Waals surface area contributed by atoms with Gasteiger partial charge in [-0.05, 0) is 48.9 Å². The van der Waals surface area contributed by atoms with Crippen LogP contribution in [-0.2, 0) is 17.8 Å². The monoisotopic (exact) mass is 567 g/mol. The number of halogens is 1. The molecule has 3 rings (SSSR count). The zero-order chi connectivity index (χ0) is 22.8. The molecule has 2 N–H and O–H groups in total. The number of hydrogen-bond acceptors (Lipinski definition) is 5. The lowest BCUT2D eigenvalue weighted by Crippen LogP contribution is -2.36. The minimum absolute atomic E-state index is 0. The molecule has 0 radical (unpaired) electrons.